The maximum Gasteiger partial charge on any atom is 0.214 e. The van der Waals surface area contributed by atoms with E-state index in [1.165, 1.54) is 18.2 Å². The monoisotopic (exact) mass is 340 g/mol. The second-order valence-corrected chi connectivity index (χ2v) is 7.80. The van der Waals surface area contributed by atoms with Crippen molar-refractivity contribution in [1.82, 2.24) is 4.72 Å². The number of methoxy groups -OCH3 is 1. The molecule has 1 aromatic carbocycles. The number of benzene rings is 1. The van der Waals surface area contributed by atoms with Crippen molar-refractivity contribution >= 4 is 15.7 Å². The molecule has 0 aliphatic carbocycles. The maximum atomic E-state index is 11.9. The lowest BCUT2D eigenvalue weighted by atomic mass is 10.0. The summed E-state index contributed by atoms with van der Waals surface area (Å²) in [5.74, 6) is -0.0684. The zero-order chi connectivity index (χ0) is 17.0. The Balaban J connectivity index is 1.88. The van der Waals surface area contributed by atoms with Crippen LogP contribution in [-0.4, -0.2) is 45.7 Å². The van der Waals surface area contributed by atoms with Crippen LogP contribution in [0, 0.1) is 13.8 Å². The summed E-state index contributed by atoms with van der Waals surface area (Å²) < 4.78 is 31.3. The number of hydrogen-bond donors (Lipinski definition) is 1. The summed E-state index contributed by atoms with van der Waals surface area (Å²) in [6, 6.07) is 6.14. The van der Waals surface area contributed by atoms with Crippen LogP contribution in [0.4, 0.5) is 0 Å². The molecule has 23 heavy (non-hydrogen) atoms. The van der Waals surface area contributed by atoms with Gasteiger partial charge in [-0.1, -0.05) is 17.3 Å². The lowest BCUT2D eigenvalue weighted by Crippen LogP contribution is -2.36. The number of rotatable bonds is 7. The number of sulfonamides is 1. The van der Waals surface area contributed by atoms with E-state index in [2.05, 4.69) is 35.9 Å². The van der Waals surface area contributed by atoms with Crippen LogP contribution in [0.5, 0.6) is 0 Å². The molecule has 1 N–H and O–H groups in total. The molecule has 1 aliphatic heterocycles. The van der Waals surface area contributed by atoms with E-state index in [-0.39, 0.29) is 24.5 Å². The van der Waals surface area contributed by atoms with Crippen LogP contribution >= 0.6 is 0 Å². The highest BCUT2D eigenvalue weighted by Gasteiger charge is 2.25. The summed E-state index contributed by atoms with van der Waals surface area (Å²) >= 11 is 0. The molecule has 0 saturated carbocycles. The average Bonchev–Trinajstić information content (AvgIpc) is 2.96. The minimum Gasteiger partial charge on any atom is -0.390 e. The van der Waals surface area contributed by atoms with Gasteiger partial charge >= 0.3 is 0 Å². The Hall–Kier alpha value is -1.44. The Kier molecular flexibility index (Phi) is 5.78. The molecule has 2 atom stereocenters. The van der Waals surface area contributed by atoms with Crippen LogP contribution in [0.3, 0.4) is 0 Å². The van der Waals surface area contributed by atoms with Crippen molar-refractivity contribution in [1.29, 1.82) is 0 Å². The van der Waals surface area contributed by atoms with Gasteiger partial charge in [0, 0.05) is 13.5 Å². The molecule has 0 aromatic heterocycles. The van der Waals surface area contributed by atoms with Crippen LogP contribution in [0.1, 0.15) is 30.0 Å². The predicted molar refractivity (Wildman–Crippen MR) is 90.2 cm³/mol. The van der Waals surface area contributed by atoms with Gasteiger partial charge in [-0.3, -0.25) is 0 Å². The van der Waals surface area contributed by atoms with Crippen LogP contribution < -0.4 is 4.72 Å². The lowest BCUT2D eigenvalue weighted by Gasteiger charge is -2.13. The maximum absolute atomic E-state index is 11.9. The van der Waals surface area contributed by atoms with Crippen molar-refractivity contribution in [2.45, 2.75) is 39.4 Å². The molecule has 7 heteroatoms. The molecule has 2 rings (SSSR count). The molecule has 2 unspecified atom stereocenters. The summed E-state index contributed by atoms with van der Waals surface area (Å²) in [6.45, 7) is 6.03. The molecule has 1 heterocycles. The van der Waals surface area contributed by atoms with Gasteiger partial charge in [0.1, 0.15) is 6.10 Å². The highest BCUT2D eigenvalue weighted by molar-refractivity contribution is 7.89. The molecule has 0 amide bonds. The summed E-state index contributed by atoms with van der Waals surface area (Å²) in [5, 5.41) is 4.09. The van der Waals surface area contributed by atoms with Gasteiger partial charge in [0.2, 0.25) is 10.0 Å². The van der Waals surface area contributed by atoms with E-state index in [1.807, 2.05) is 6.07 Å². The quantitative estimate of drug-likeness (QED) is 0.820. The minimum absolute atomic E-state index is 0.0684. The standard InChI is InChI=1S/C16H24N2O4S/c1-11-5-6-14(7-12(11)2)16-8-15(22-18-16)9-17-23(19,20)10-13(3)21-4/h5-7,13,15,17H,8-10H2,1-4H3. The lowest BCUT2D eigenvalue weighted by molar-refractivity contribution is 0.0889. The van der Waals surface area contributed by atoms with Gasteiger partial charge in [0.15, 0.2) is 0 Å². The van der Waals surface area contributed by atoms with Gasteiger partial charge in [-0.2, -0.15) is 0 Å². The zero-order valence-electron chi connectivity index (χ0n) is 14.0. The van der Waals surface area contributed by atoms with E-state index in [9.17, 15) is 8.42 Å². The molecule has 1 aromatic rings. The van der Waals surface area contributed by atoms with E-state index in [4.69, 9.17) is 9.57 Å². The topological polar surface area (TPSA) is 77.0 Å². The van der Waals surface area contributed by atoms with Crippen LogP contribution in [0.2, 0.25) is 0 Å². The second-order valence-electron chi connectivity index (χ2n) is 5.94. The van der Waals surface area contributed by atoms with Crippen molar-refractivity contribution in [3.8, 4) is 0 Å². The first-order valence-electron chi connectivity index (χ1n) is 7.61. The predicted octanol–water partition coefficient (Wildman–Crippen LogP) is 1.75. The Bertz CT molecular complexity index is 685. The van der Waals surface area contributed by atoms with E-state index >= 15 is 0 Å². The molecule has 0 saturated heterocycles. The zero-order valence-corrected chi connectivity index (χ0v) is 14.8. The number of nitrogens with one attached hydrogen (secondary N) is 1. The third kappa shape index (κ3) is 5.02. The Morgan fingerprint density at radius 1 is 1.39 bits per heavy atom. The fraction of sp³-hybridized carbons (Fsp3) is 0.562. The molecule has 0 spiro atoms. The largest absolute Gasteiger partial charge is 0.390 e. The van der Waals surface area contributed by atoms with E-state index < -0.39 is 10.0 Å². The first-order chi connectivity index (χ1) is 10.8. The number of ether oxygens (including phenoxy) is 1. The number of aryl methyl sites for hydroxylation is 2. The highest BCUT2D eigenvalue weighted by atomic mass is 32.2. The molecule has 0 radical (unpaired) electrons. The van der Waals surface area contributed by atoms with Gasteiger partial charge in [0.05, 0.1) is 24.1 Å². The van der Waals surface area contributed by atoms with Gasteiger partial charge in [0.25, 0.3) is 0 Å². The fourth-order valence-electron chi connectivity index (χ4n) is 2.29. The fourth-order valence-corrected chi connectivity index (χ4v) is 3.60. The van der Waals surface area contributed by atoms with Crippen molar-refractivity contribution in [3.05, 3.63) is 34.9 Å². The summed E-state index contributed by atoms with van der Waals surface area (Å²) in [6.07, 6.45) is -0.0382. The van der Waals surface area contributed by atoms with Crippen molar-refractivity contribution in [2.75, 3.05) is 19.4 Å². The van der Waals surface area contributed by atoms with Crippen molar-refractivity contribution in [2.24, 2.45) is 5.16 Å². The SMILES string of the molecule is COC(C)CS(=O)(=O)NCC1CC(c2ccc(C)c(C)c2)=NO1. The van der Waals surface area contributed by atoms with Crippen molar-refractivity contribution in [3.63, 3.8) is 0 Å². The van der Waals surface area contributed by atoms with Crippen LogP contribution in [-0.2, 0) is 19.6 Å². The summed E-state index contributed by atoms with van der Waals surface area (Å²) in [5.41, 5.74) is 4.29. The normalized spacial score (nSPS) is 19.3. The van der Waals surface area contributed by atoms with E-state index in [1.54, 1.807) is 6.92 Å². The third-order valence-corrected chi connectivity index (χ3v) is 5.48. The molecule has 6 nitrogen and oxygen atoms in total. The first-order valence-corrected chi connectivity index (χ1v) is 9.26. The molecular formula is C16H24N2O4S. The average molecular weight is 340 g/mol. The van der Waals surface area contributed by atoms with Crippen LogP contribution in [0.25, 0.3) is 0 Å². The number of oxime groups is 1. The smallest absolute Gasteiger partial charge is 0.214 e. The number of nitrogens with zero attached hydrogens (tertiary/aromatic N) is 1. The molecule has 0 fully saturated rings. The molecular weight excluding hydrogens is 316 g/mol. The van der Waals surface area contributed by atoms with Gasteiger partial charge in [-0.25, -0.2) is 13.1 Å². The van der Waals surface area contributed by atoms with Gasteiger partial charge < -0.3 is 9.57 Å². The summed E-state index contributed by atoms with van der Waals surface area (Å²) in [4.78, 5) is 5.35. The highest BCUT2D eigenvalue weighted by Crippen LogP contribution is 2.19. The Morgan fingerprint density at radius 3 is 2.78 bits per heavy atom. The number of hydrogen-bond acceptors (Lipinski definition) is 5. The Labute approximate surface area is 137 Å². The second kappa shape index (κ2) is 7.42. The minimum atomic E-state index is -3.38. The Morgan fingerprint density at radius 2 is 2.13 bits per heavy atom. The third-order valence-electron chi connectivity index (χ3n) is 3.96. The first kappa shape index (κ1) is 17.9. The van der Waals surface area contributed by atoms with Gasteiger partial charge in [-0.15, -0.1) is 0 Å². The summed E-state index contributed by atoms with van der Waals surface area (Å²) in [7, 11) is -1.89. The van der Waals surface area contributed by atoms with Gasteiger partial charge in [-0.05, 0) is 43.5 Å². The molecule has 128 valence electrons. The van der Waals surface area contributed by atoms with E-state index in [0.717, 1.165) is 11.3 Å². The van der Waals surface area contributed by atoms with Crippen LogP contribution in [0.15, 0.2) is 23.4 Å². The molecule has 1 aliphatic rings. The van der Waals surface area contributed by atoms with Crippen molar-refractivity contribution < 1.29 is 18.0 Å². The molecule has 0 bridgehead atoms. The van der Waals surface area contributed by atoms with E-state index in [0.29, 0.717) is 6.42 Å².